The first-order chi connectivity index (χ1) is 5.70. The fraction of sp³-hybridized carbons (Fsp3) is 0.125. The minimum Gasteiger partial charge on any atom is -0.298 e. The summed E-state index contributed by atoms with van der Waals surface area (Å²) in [6.07, 6.45) is 2.31. The van der Waals surface area contributed by atoms with E-state index in [1.165, 1.54) is 23.9 Å². The standard InChI is InChI=1S/C8H6ClFOS/c1-12-8-5(4-11)2-3-6(9)7(8)10/h2-4H,1H3. The van der Waals surface area contributed by atoms with Crippen LogP contribution in [0.1, 0.15) is 10.4 Å². The lowest BCUT2D eigenvalue weighted by atomic mass is 10.2. The molecule has 1 aromatic rings. The number of rotatable bonds is 2. The molecular formula is C8H6ClFOS. The Bertz CT molecular complexity index is 314. The van der Waals surface area contributed by atoms with Gasteiger partial charge in [0.2, 0.25) is 0 Å². The van der Waals surface area contributed by atoms with Crippen LogP contribution in [0.4, 0.5) is 4.39 Å². The highest BCUT2D eigenvalue weighted by molar-refractivity contribution is 7.98. The smallest absolute Gasteiger partial charge is 0.156 e. The van der Waals surface area contributed by atoms with Crippen molar-refractivity contribution in [1.82, 2.24) is 0 Å². The molecule has 1 rings (SSSR count). The fourth-order valence-electron chi connectivity index (χ4n) is 0.847. The largest absolute Gasteiger partial charge is 0.298 e. The van der Waals surface area contributed by atoms with Crippen molar-refractivity contribution in [2.24, 2.45) is 0 Å². The van der Waals surface area contributed by atoms with E-state index in [1.54, 1.807) is 6.26 Å². The Morgan fingerprint density at radius 1 is 1.58 bits per heavy atom. The monoisotopic (exact) mass is 204 g/mol. The van der Waals surface area contributed by atoms with Gasteiger partial charge >= 0.3 is 0 Å². The highest BCUT2D eigenvalue weighted by Gasteiger charge is 2.10. The molecule has 0 atom stereocenters. The third kappa shape index (κ3) is 1.62. The van der Waals surface area contributed by atoms with E-state index in [-0.39, 0.29) is 5.02 Å². The Hall–Kier alpha value is -0.540. The number of halogens is 2. The average molecular weight is 205 g/mol. The van der Waals surface area contributed by atoms with Crippen LogP contribution in [0, 0.1) is 5.82 Å². The Balaban J connectivity index is 3.35. The molecule has 0 fully saturated rings. The Labute approximate surface area is 78.9 Å². The maximum absolute atomic E-state index is 13.1. The highest BCUT2D eigenvalue weighted by Crippen LogP contribution is 2.27. The molecule has 0 aliphatic heterocycles. The van der Waals surface area contributed by atoms with Crippen molar-refractivity contribution in [1.29, 1.82) is 0 Å². The van der Waals surface area contributed by atoms with E-state index in [0.717, 1.165) is 0 Å². The molecule has 12 heavy (non-hydrogen) atoms. The first-order valence-electron chi connectivity index (χ1n) is 3.18. The van der Waals surface area contributed by atoms with Gasteiger partial charge in [-0.2, -0.15) is 0 Å². The van der Waals surface area contributed by atoms with Crippen LogP contribution in [0.15, 0.2) is 17.0 Å². The lowest BCUT2D eigenvalue weighted by Crippen LogP contribution is -1.90. The molecular weight excluding hydrogens is 199 g/mol. The first-order valence-corrected chi connectivity index (χ1v) is 4.78. The molecule has 0 saturated heterocycles. The zero-order chi connectivity index (χ0) is 9.14. The SMILES string of the molecule is CSc1c(C=O)ccc(Cl)c1F. The number of benzene rings is 1. The van der Waals surface area contributed by atoms with Crippen LogP contribution in [0.2, 0.25) is 5.02 Å². The summed E-state index contributed by atoms with van der Waals surface area (Å²) in [5, 5.41) is 0.0463. The van der Waals surface area contributed by atoms with Crippen LogP contribution in [-0.4, -0.2) is 12.5 Å². The predicted octanol–water partition coefficient (Wildman–Crippen LogP) is 3.01. The summed E-state index contributed by atoms with van der Waals surface area (Å²) >= 11 is 6.69. The van der Waals surface area contributed by atoms with Gasteiger partial charge < -0.3 is 0 Å². The molecule has 4 heteroatoms. The van der Waals surface area contributed by atoms with Crippen molar-refractivity contribution >= 4 is 29.6 Å². The average Bonchev–Trinajstić information content (AvgIpc) is 2.09. The molecule has 0 unspecified atom stereocenters. The zero-order valence-electron chi connectivity index (χ0n) is 6.30. The van der Waals surface area contributed by atoms with Gasteiger partial charge in [0, 0.05) is 5.56 Å². The van der Waals surface area contributed by atoms with Crippen molar-refractivity contribution in [3.8, 4) is 0 Å². The molecule has 0 bridgehead atoms. The molecule has 0 saturated carbocycles. The first kappa shape index (κ1) is 9.55. The van der Waals surface area contributed by atoms with E-state index < -0.39 is 5.82 Å². The van der Waals surface area contributed by atoms with Crippen molar-refractivity contribution in [2.75, 3.05) is 6.26 Å². The maximum Gasteiger partial charge on any atom is 0.156 e. The maximum atomic E-state index is 13.1. The topological polar surface area (TPSA) is 17.1 Å². The number of hydrogen-bond donors (Lipinski definition) is 0. The van der Waals surface area contributed by atoms with Crippen molar-refractivity contribution in [3.05, 3.63) is 28.5 Å². The molecule has 1 nitrogen and oxygen atoms in total. The van der Waals surface area contributed by atoms with E-state index in [2.05, 4.69) is 0 Å². The van der Waals surface area contributed by atoms with Gasteiger partial charge in [-0.25, -0.2) is 4.39 Å². The van der Waals surface area contributed by atoms with Gasteiger partial charge in [0.25, 0.3) is 0 Å². The second kappa shape index (κ2) is 3.92. The molecule has 0 aromatic heterocycles. The van der Waals surface area contributed by atoms with Gasteiger partial charge in [-0.3, -0.25) is 4.79 Å². The van der Waals surface area contributed by atoms with Crippen LogP contribution in [0.5, 0.6) is 0 Å². The summed E-state index contributed by atoms with van der Waals surface area (Å²) in [7, 11) is 0. The van der Waals surface area contributed by atoms with Crippen LogP contribution in [-0.2, 0) is 0 Å². The molecule has 0 amide bonds. The zero-order valence-corrected chi connectivity index (χ0v) is 7.88. The number of carbonyl (C=O) groups is 1. The Kier molecular flexibility index (Phi) is 3.12. The summed E-state index contributed by atoms with van der Waals surface area (Å²) in [4.78, 5) is 10.7. The Morgan fingerprint density at radius 2 is 2.25 bits per heavy atom. The van der Waals surface area contributed by atoms with Crippen LogP contribution >= 0.6 is 23.4 Å². The number of hydrogen-bond acceptors (Lipinski definition) is 2. The minimum absolute atomic E-state index is 0.0463. The van der Waals surface area contributed by atoms with E-state index in [4.69, 9.17) is 11.6 Å². The molecule has 0 heterocycles. The van der Waals surface area contributed by atoms with Gasteiger partial charge in [0.05, 0.1) is 9.92 Å². The van der Waals surface area contributed by atoms with Gasteiger partial charge in [0.15, 0.2) is 12.1 Å². The van der Waals surface area contributed by atoms with Gasteiger partial charge in [0.1, 0.15) is 0 Å². The quantitative estimate of drug-likeness (QED) is 0.544. The van der Waals surface area contributed by atoms with E-state index in [9.17, 15) is 9.18 Å². The molecule has 0 radical (unpaired) electrons. The van der Waals surface area contributed by atoms with Crippen LogP contribution in [0.25, 0.3) is 0 Å². The number of carbonyl (C=O) groups excluding carboxylic acids is 1. The van der Waals surface area contributed by atoms with Gasteiger partial charge in [-0.05, 0) is 18.4 Å². The lowest BCUT2D eigenvalue weighted by Gasteiger charge is -2.03. The van der Waals surface area contributed by atoms with Crippen LogP contribution < -0.4 is 0 Å². The van der Waals surface area contributed by atoms with Crippen molar-refractivity contribution < 1.29 is 9.18 Å². The molecule has 0 N–H and O–H groups in total. The molecule has 64 valence electrons. The Morgan fingerprint density at radius 3 is 2.75 bits per heavy atom. The second-order valence-electron chi connectivity index (χ2n) is 2.10. The summed E-state index contributed by atoms with van der Waals surface area (Å²) in [6, 6.07) is 2.88. The van der Waals surface area contributed by atoms with Gasteiger partial charge in [-0.1, -0.05) is 11.6 Å². The molecule has 1 aromatic carbocycles. The van der Waals surface area contributed by atoms with Crippen molar-refractivity contribution in [2.45, 2.75) is 4.90 Å². The highest BCUT2D eigenvalue weighted by atomic mass is 35.5. The van der Waals surface area contributed by atoms with E-state index in [1.807, 2.05) is 0 Å². The summed E-state index contributed by atoms with van der Waals surface area (Å²) in [5.74, 6) is -0.520. The third-order valence-electron chi connectivity index (χ3n) is 1.41. The van der Waals surface area contributed by atoms with Crippen molar-refractivity contribution in [3.63, 3.8) is 0 Å². The lowest BCUT2D eigenvalue weighted by molar-refractivity contribution is 0.112. The van der Waals surface area contributed by atoms with Crippen LogP contribution in [0.3, 0.4) is 0 Å². The fourth-order valence-corrected chi connectivity index (χ4v) is 1.70. The summed E-state index contributed by atoms with van der Waals surface area (Å²) in [6.45, 7) is 0. The summed E-state index contributed by atoms with van der Waals surface area (Å²) < 4.78 is 13.1. The number of aldehydes is 1. The molecule has 0 aliphatic rings. The molecule has 0 spiro atoms. The van der Waals surface area contributed by atoms with Gasteiger partial charge in [-0.15, -0.1) is 11.8 Å². The normalized spacial score (nSPS) is 9.92. The predicted molar refractivity (Wildman–Crippen MR) is 48.6 cm³/mol. The third-order valence-corrected chi connectivity index (χ3v) is 2.53. The van der Waals surface area contributed by atoms with E-state index >= 15 is 0 Å². The summed E-state index contributed by atoms with van der Waals surface area (Å²) in [5.41, 5.74) is 0.337. The van der Waals surface area contributed by atoms with E-state index in [0.29, 0.717) is 16.7 Å². The number of thioether (sulfide) groups is 1. The second-order valence-corrected chi connectivity index (χ2v) is 3.33. The minimum atomic E-state index is -0.520. The molecule has 0 aliphatic carbocycles.